The summed E-state index contributed by atoms with van der Waals surface area (Å²) in [6.07, 6.45) is 2.41. The lowest BCUT2D eigenvalue weighted by molar-refractivity contribution is 0.305. The van der Waals surface area contributed by atoms with Crippen LogP contribution in [0.15, 0.2) is 10.9 Å². The quantitative estimate of drug-likeness (QED) is 0.893. The highest BCUT2D eigenvalue weighted by Crippen LogP contribution is 2.22. The maximum Gasteiger partial charge on any atom is 0.223 e. The van der Waals surface area contributed by atoms with Gasteiger partial charge in [0, 0.05) is 24.3 Å². The van der Waals surface area contributed by atoms with Gasteiger partial charge in [-0.3, -0.25) is 9.69 Å². The summed E-state index contributed by atoms with van der Waals surface area (Å²) in [5, 5.41) is 10.1. The Hall–Kier alpha value is -1.29. The Bertz CT molecular complexity index is 485. The Morgan fingerprint density at radius 1 is 1.33 bits per heavy atom. The molecule has 0 spiro atoms. The first-order valence-corrected chi connectivity index (χ1v) is 6.67. The summed E-state index contributed by atoms with van der Waals surface area (Å²) in [5.74, 6) is -0.0822. The summed E-state index contributed by atoms with van der Waals surface area (Å²) < 4.78 is 2.06. The highest BCUT2D eigenvalue weighted by atomic mass is 16.3. The number of hydrogen-bond donors (Lipinski definition) is 1. The van der Waals surface area contributed by atoms with E-state index in [2.05, 4.69) is 23.3 Å². The smallest absolute Gasteiger partial charge is 0.223 e. The molecule has 0 unspecified atom stereocenters. The summed E-state index contributed by atoms with van der Waals surface area (Å²) in [4.78, 5) is 14.0. The van der Waals surface area contributed by atoms with Crippen molar-refractivity contribution in [3.63, 3.8) is 0 Å². The Kier molecular flexibility index (Phi) is 3.76. The van der Waals surface area contributed by atoms with Gasteiger partial charge >= 0.3 is 0 Å². The van der Waals surface area contributed by atoms with Gasteiger partial charge in [0.25, 0.3) is 0 Å². The fraction of sp³-hybridized carbons (Fsp3) is 0.643. The number of hydrogen-bond acceptors (Lipinski definition) is 3. The number of pyridine rings is 1. The average Bonchev–Trinajstić information content (AvgIpc) is 2.77. The SMILES string of the molecule is Cc1cc(=O)c(O)c(CN2CCCC2)n1C(C)C. The van der Waals surface area contributed by atoms with E-state index in [0.717, 1.165) is 24.5 Å². The van der Waals surface area contributed by atoms with Crippen molar-refractivity contribution >= 4 is 0 Å². The van der Waals surface area contributed by atoms with E-state index in [1.165, 1.54) is 18.9 Å². The zero-order valence-electron chi connectivity index (χ0n) is 11.4. The first kappa shape index (κ1) is 13.1. The molecule has 4 nitrogen and oxygen atoms in total. The van der Waals surface area contributed by atoms with Gasteiger partial charge < -0.3 is 9.67 Å². The van der Waals surface area contributed by atoms with Crippen molar-refractivity contribution in [3.05, 3.63) is 27.7 Å². The minimum atomic E-state index is -0.265. The molecule has 0 aromatic carbocycles. The van der Waals surface area contributed by atoms with E-state index in [1.54, 1.807) is 0 Å². The van der Waals surface area contributed by atoms with Crippen molar-refractivity contribution in [3.8, 4) is 5.75 Å². The van der Waals surface area contributed by atoms with Crippen molar-refractivity contribution in [2.75, 3.05) is 13.1 Å². The second-order valence-electron chi connectivity index (χ2n) is 5.39. The standard InChI is InChI=1S/C14H22N2O2/c1-10(2)16-11(3)8-13(17)14(18)12(16)9-15-6-4-5-7-15/h8,10,18H,4-7,9H2,1-3H3. The number of nitrogens with zero attached hydrogens (tertiary/aromatic N) is 2. The third-order valence-corrected chi connectivity index (χ3v) is 3.61. The van der Waals surface area contributed by atoms with Gasteiger partial charge in [0.15, 0.2) is 5.75 Å². The lowest BCUT2D eigenvalue weighted by Gasteiger charge is -2.24. The van der Waals surface area contributed by atoms with Crippen LogP contribution in [0.2, 0.25) is 0 Å². The van der Waals surface area contributed by atoms with Crippen LogP contribution in [0, 0.1) is 6.92 Å². The number of rotatable bonds is 3. The summed E-state index contributed by atoms with van der Waals surface area (Å²) in [7, 11) is 0. The molecule has 1 fully saturated rings. The van der Waals surface area contributed by atoms with Gasteiger partial charge in [-0.2, -0.15) is 0 Å². The van der Waals surface area contributed by atoms with E-state index in [-0.39, 0.29) is 17.2 Å². The highest BCUT2D eigenvalue weighted by Gasteiger charge is 2.19. The molecule has 1 aliphatic heterocycles. The number of aromatic hydroxyl groups is 1. The summed E-state index contributed by atoms with van der Waals surface area (Å²) in [5.41, 5.74) is 1.41. The first-order valence-electron chi connectivity index (χ1n) is 6.67. The minimum Gasteiger partial charge on any atom is -0.503 e. The zero-order valence-corrected chi connectivity index (χ0v) is 11.4. The second kappa shape index (κ2) is 5.14. The molecule has 0 radical (unpaired) electrons. The highest BCUT2D eigenvalue weighted by molar-refractivity contribution is 5.30. The van der Waals surface area contributed by atoms with E-state index in [9.17, 15) is 9.90 Å². The van der Waals surface area contributed by atoms with Crippen LogP contribution in [0.4, 0.5) is 0 Å². The van der Waals surface area contributed by atoms with Crippen LogP contribution in [0.25, 0.3) is 0 Å². The van der Waals surface area contributed by atoms with E-state index in [0.29, 0.717) is 6.54 Å². The molecule has 1 aromatic heterocycles. The van der Waals surface area contributed by atoms with Crippen molar-refractivity contribution in [2.24, 2.45) is 0 Å². The van der Waals surface area contributed by atoms with Crippen molar-refractivity contribution < 1.29 is 5.11 Å². The zero-order chi connectivity index (χ0) is 13.3. The largest absolute Gasteiger partial charge is 0.503 e. The Morgan fingerprint density at radius 3 is 2.50 bits per heavy atom. The van der Waals surface area contributed by atoms with E-state index >= 15 is 0 Å². The fourth-order valence-corrected chi connectivity index (χ4v) is 2.82. The molecule has 1 N–H and O–H groups in total. The molecule has 2 heterocycles. The average molecular weight is 250 g/mol. The van der Waals surface area contributed by atoms with Crippen molar-refractivity contribution in [1.82, 2.24) is 9.47 Å². The van der Waals surface area contributed by atoms with Crippen molar-refractivity contribution in [1.29, 1.82) is 0 Å². The van der Waals surface area contributed by atoms with Crippen LogP contribution in [0.5, 0.6) is 5.75 Å². The van der Waals surface area contributed by atoms with Gasteiger partial charge in [-0.1, -0.05) is 0 Å². The van der Waals surface area contributed by atoms with Crippen LogP contribution in [-0.2, 0) is 6.54 Å². The van der Waals surface area contributed by atoms with Gasteiger partial charge in [-0.05, 0) is 46.7 Å². The van der Waals surface area contributed by atoms with E-state index in [4.69, 9.17) is 0 Å². The summed E-state index contributed by atoms with van der Waals surface area (Å²) in [6, 6.07) is 1.76. The monoisotopic (exact) mass is 250 g/mol. The third kappa shape index (κ3) is 2.43. The summed E-state index contributed by atoms with van der Waals surface area (Å²) in [6.45, 7) is 8.85. The lowest BCUT2D eigenvalue weighted by Crippen LogP contribution is -2.25. The molecule has 0 atom stereocenters. The molecule has 18 heavy (non-hydrogen) atoms. The van der Waals surface area contributed by atoms with Crippen LogP contribution in [0.3, 0.4) is 0 Å². The van der Waals surface area contributed by atoms with Crippen molar-refractivity contribution in [2.45, 2.75) is 46.2 Å². The number of aryl methyl sites for hydroxylation is 1. The molecule has 1 aromatic rings. The van der Waals surface area contributed by atoms with Gasteiger partial charge in [0.2, 0.25) is 5.43 Å². The van der Waals surface area contributed by atoms with E-state index in [1.807, 2.05) is 6.92 Å². The Balaban J connectivity index is 2.44. The van der Waals surface area contributed by atoms with Crippen LogP contribution >= 0.6 is 0 Å². The predicted molar refractivity (Wildman–Crippen MR) is 72.0 cm³/mol. The lowest BCUT2D eigenvalue weighted by atomic mass is 10.2. The Morgan fingerprint density at radius 2 is 1.94 bits per heavy atom. The van der Waals surface area contributed by atoms with Crippen LogP contribution in [0.1, 0.15) is 44.1 Å². The van der Waals surface area contributed by atoms with E-state index < -0.39 is 0 Å². The Labute approximate surface area is 108 Å². The minimum absolute atomic E-state index is 0.0822. The topological polar surface area (TPSA) is 45.5 Å². The molecule has 0 bridgehead atoms. The van der Waals surface area contributed by atoms with Gasteiger partial charge in [-0.25, -0.2) is 0 Å². The predicted octanol–water partition coefficient (Wildman–Crippen LogP) is 2.04. The molecule has 1 aliphatic rings. The molecular weight excluding hydrogens is 228 g/mol. The maximum absolute atomic E-state index is 11.7. The fourth-order valence-electron chi connectivity index (χ4n) is 2.82. The van der Waals surface area contributed by atoms with Gasteiger partial charge in [-0.15, -0.1) is 0 Å². The molecule has 2 rings (SSSR count). The van der Waals surface area contributed by atoms with Gasteiger partial charge in [0.1, 0.15) is 0 Å². The van der Waals surface area contributed by atoms with Crippen LogP contribution in [-0.4, -0.2) is 27.7 Å². The maximum atomic E-state index is 11.7. The number of aromatic nitrogens is 1. The normalized spacial score (nSPS) is 16.7. The molecule has 1 saturated heterocycles. The number of likely N-dealkylation sites (tertiary alicyclic amines) is 1. The second-order valence-corrected chi connectivity index (χ2v) is 5.39. The summed E-state index contributed by atoms with van der Waals surface area (Å²) >= 11 is 0. The molecule has 0 amide bonds. The molecular formula is C14H22N2O2. The molecule has 100 valence electrons. The molecule has 0 saturated carbocycles. The first-order chi connectivity index (χ1) is 8.50. The third-order valence-electron chi connectivity index (χ3n) is 3.61. The van der Waals surface area contributed by atoms with Crippen LogP contribution < -0.4 is 5.43 Å². The van der Waals surface area contributed by atoms with Gasteiger partial charge in [0.05, 0.1) is 5.69 Å². The molecule has 4 heteroatoms. The molecule has 0 aliphatic carbocycles.